The Morgan fingerprint density at radius 3 is 2.62 bits per heavy atom. The zero-order valence-corrected chi connectivity index (χ0v) is 18.3. The Hall–Kier alpha value is -1.34. The van der Waals surface area contributed by atoms with Crippen LogP contribution < -0.4 is 10.6 Å². The molecule has 0 bridgehead atoms. The molecule has 0 unspecified atom stereocenters. The lowest BCUT2D eigenvalue weighted by Crippen LogP contribution is -2.38. The summed E-state index contributed by atoms with van der Waals surface area (Å²) in [5, 5.41) is 9.40. The van der Waals surface area contributed by atoms with Crippen molar-refractivity contribution in [3.63, 3.8) is 0 Å². The van der Waals surface area contributed by atoms with E-state index < -0.39 is 0 Å². The summed E-state index contributed by atoms with van der Waals surface area (Å²) >= 11 is 0. The molecule has 2 rings (SSSR count). The van der Waals surface area contributed by atoms with Crippen molar-refractivity contribution in [1.29, 1.82) is 0 Å². The number of benzene rings is 2. The second-order valence-corrected chi connectivity index (χ2v) is 5.98. The molecule has 0 aromatic heterocycles. The van der Waals surface area contributed by atoms with Crippen molar-refractivity contribution in [2.45, 2.75) is 33.1 Å². The van der Waals surface area contributed by atoms with Gasteiger partial charge in [0, 0.05) is 32.8 Å². The average Bonchev–Trinajstić information content (AvgIpc) is 2.64. The molecule has 0 aliphatic carbocycles. The largest absolute Gasteiger partial charge is 0.382 e. The zero-order chi connectivity index (χ0) is 17.7. The summed E-state index contributed by atoms with van der Waals surface area (Å²) in [5.74, 6) is 0.902. The summed E-state index contributed by atoms with van der Waals surface area (Å²) < 4.78 is 5.36. The van der Waals surface area contributed by atoms with Gasteiger partial charge < -0.3 is 15.4 Å². The Kier molecular flexibility index (Phi) is 12.1. The van der Waals surface area contributed by atoms with Crippen LogP contribution >= 0.6 is 24.0 Å². The van der Waals surface area contributed by atoms with E-state index in [4.69, 9.17) is 4.74 Å². The third kappa shape index (κ3) is 7.91. The summed E-state index contributed by atoms with van der Waals surface area (Å²) in [6, 6.07) is 15.1. The lowest BCUT2D eigenvalue weighted by molar-refractivity contribution is 0.144. The van der Waals surface area contributed by atoms with Crippen LogP contribution in [0.1, 0.15) is 32.3 Å². The molecule has 0 saturated heterocycles. The lowest BCUT2D eigenvalue weighted by atomic mass is 10.0. The van der Waals surface area contributed by atoms with Gasteiger partial charge in [0.1, 0.15) is 0 Å². The van der Waals surface area contributed by atoms with Gasteiger partial charge in [-0.1, -0.05) is 42.5 Å². The number of halogens is 1. The molecule has 2 N–H and O–H groups in total. The number of guanidine groups is 1. The molecule has 0 fully saturated rings. The highest BCUT2D eigenvalue weighted by Crippen LogP contribution is 2.18. The molecule has 0 spiro atoms. The van der Waals surface area contributed by atoms with Crippen LogP contribution in [0, 0.1) is 0 Å². The Morgan fingerprint density at radius 1 is 1.00 bits per heavy atom. The van der Waals surface area contributed by atoms with Crippen molar-refractivity contribution >= 4 is 40.7 Å². The second kappa shape index (κ2) is 13.8. The normalized spacial score (nSPS) is 11.2. The number of hydrogen-bond acceptors (Lipinski definition) is 2. The highest BCUT2D eigenvalue weighted by atomic mass is 127. The van der Waals surface area contributed by atoms with Crippen molar-refractivity contribution in [3.05, 3.63) is 48.0 Å². The minimum absolute atomic E-state index is 0. The molecule has 144 valence electrons. The van der Waals surface area contributed by atoms with Gasteiger partial charge in [0.15, 0.2) is 5.96 Å². The molecule has 2 aromatic rings. The summed E-state index contributed by atoms with van der Waals surface area (Å²) in [4.78, 5) is 4.64. The second-order valence-electron chi connectivity index (χ2n) is 5.98. The molecule has 0 aliphatic heterocycles. The predicted octanol–water partition coefficient (Wildman–Crippen LogP) is 4.37. The van der Waals surface area contributed by atoms with E-state index in [0.29, 0.717) is 0 Å². The SMILES string of the molecule is CCNC(=NCCCCOCC)NCCc1cccc2ccccc12.I. The van der Waals surface area contributed by atoms with E-state index in [1.165, 1.54) is 16.3 Å². The van der Waals surface area contributed by atoms with Crippen LogP contribution in [-0.4, -0.2) is 38.8 Å². The van der Waals surface area contributed by atoms with Crippen LogP contribution in [-0.2, 0) is 11.2 Å². The minimum Gasteiger partial charge on any atom is -0.382 e. The predicted molar refractivity (Wildman–Crippen MR) is 123 cm³/mol. The number of nitrogens with one attached hydrogen (secondary N) is 2. The number of fused-ring (bicyclic) bond motifs is 1. The first-order valence-electron chi connectivity index (χ1n) is 9.41. The smallest absolute Gasteiger partial charge is 0.191 e. The molecule has 0 aliphatic rings. The van der Waals surface area contributed by atoms with Crippen LogP contribution in [0.5, 0.6) is 0 Å². The highest BCUT2D eigenvalue weighted by Gasteiger charge is 2.01. The molecule has 0 radical (unpaired) electrons. The van der Waals surface area contributed by atoms with Crippen molar-refractivity contribution in [3.8, 4) is 0 Å². The Balaban J connectivity index is 0.00000338. The van der Waals surface area contributed by atoms with Gasteiger partial charge in [0.25, 0.3) is 0 Å². The van der Waals surface area contributed by atoms with Crippen LogP contribution in [0.25, 0.3) is 10.8 Å². The van der Waals surface area contributed by atoms with Gasteiger partial charge in [0.2, 0.25) is 0 Å². The summed E-state index contributed by atoms with van der Waals surface area (Å²) in [6.07, 6.45) is 3.10. The molecule has 0 heterocycles. The van der Waals surface area contributed by atoms with Gasteiger partial charge in [-0.05, 0) is 49.4 Å². The van der Waals surface area contributed by atoms with Crippen LogP contribution in [0.2, 0.25) is 0 Å². The highest BCUT2D eigenvalue weighted by molar-refractivity contribution is 14.0. The Labute approximate surface area is 174 Å². The molecule has 0 atom stereocenters. The van der Waals surface area contributed by atoms with Crippen LogP contribution in [0.3, 0.4) is 0 Å². The zero-order valence-electron chi connectivity index (χ0n) is 16.0. The van der Waals surface area contributed by atoms with E-state index in [9.17, 15) is 0 Å². The van der Waals surface area contributed by atoms with Gasteiger partial charge in [-0.15, -0.1) is 24.0 Å². The fraction of sp³-hybridized carbons (Fsp3) is 0.476. The maximum Gasteiger partial charge on any atom is 0.191 e. The third-order valence-corrected chi connectivity index (χ3v) is 4.08. The topological polar surface area (TPSA) is 45.7 Å². The summed E-state index contributed by atoms with van der Waals surface area (Å²) in [5.41, 5.74) is 1.37. The number of rotatable bonds is 10. The first-order chi connectivity index (χ1) is 12.3. The van der Waals surface area contributed by atoms with Gasteiger partial charge in [-0.2, -0.15) is 0 Å². The maximum absolute atomic E-state index is 5.36. The molecule has 26 heavy (non-hydrogen) atoms. The number of aliphatic imine (C=N–C) groups is 1. The fourth-order valence-corrected chi connectivity index (χ4v) is 2.82. The summed E-state index contributed by atoms with van der Waals surface area (Å²) in [6.45, 7) is 8.32. The number of ether oxygens (including phenoxy) is 1. The first kappa shape index (κ1) is 22.7. The molecular formula is C21H32IN3O. The van der Waals surface area contributed by atoms with Crippen molar-refractivity contribution < 1.29 is 4.74 Å². The lowest BCUT2D eigenvalue weighted by Gasteiger charge is -2.12. The molecule has 2 aromatic carbocycles. The molecule has 4 nitrogen and oxygen atoms in total. The number of unbranched alkanes of at least 4 members (excludes halogenated alkanes) is 1. The van der Waals surface area contributed by atoms with E-state index in [1.807, 2.05) is 6.92 Å². The van der Waals surface area contributed by atoms with Crippen molar-refractivity contribution in [1.82, 2.24) is 10.6 Å². The average molecular weight is 469 g/mol. The van der Waals surface area contributed by atoms with Gasteiger partial charge in [-0.3, -0.25) is 4.99 Å². The van der Waals surface area contributed by atoms with Gasteiger partial charge >= 0.3 is 0 Å². The third-order valence-electron chi connectivity index (χ3n) is 4.08. The monoisotopic (exact) mass is 469 g/mol. The molecule has 0 saturated carbocycles. The standard InChI is InChI=1S/C21H31N3O.HI/c1-3-22-21(23-15-7-8-17-25-4-2)24-16-14-19-12-9-11-18-10-5-6-13-20(18)19;/h5-6,9-13H,3-4,7-8,14-17H2,1-2H3,(H2,22,23,24);1H. The molecule has 0 amide bonds. The van der Waals surface area contributed by atoms with Crippen LogP contribution in [0.15, 0.2) is 47.5 Å². The summed E-state index contributed by atoms with van der Waals surface area (Å²) in [7, 11) is 0. The van der Waals surface area contributed by atoms with E-state index in [2.05, 4.69) is 65.0 Å². The van der Waals surface area contributed by atoms with Crippen molar-refractivity contribution in [2.24, 2.45) is 4.99 Å². The first-order valence-corrected chi connectivity index (χ1v) is 9.41. The number of hydrogen-bond donors (Lipinski definition) is 2. The van der Waals surface area contributed by atoms with Crippen molar-refractivity contribution in [2.75, 3.05) is 32.8 Å². The van der Waals surface area contributed by atoms with E-state index in [-0.39, 0.29) is 24.0 Å². The fourth-order valence-electron chi connectivity index (χ4n) is 2.82. The van der Waals surface area contributed by atoms with E-state index in [0.717, 1.165) is 58.1 Å². The van der Waals surface area contributed by atoms with E-state index >= 15 is 0 Å². The Bertz CT molecular complexity index is 655. The quantitative estimate of drug-likeness (QED) is 0.235. The minimum atomic E-state index is 0. The Morgan fingerprint density at radius 2 is 1.81 bits per heavy atom. The number of nitrogens with zero attached hydrogens (tertiary/aromatic N) is 1. The van der Waals surface area contributed by atoms with E-state index in [1.54, 1.807) is 0 Å². The van der Waals surface area contributed by atoms with Crippen LogP contribution in [0.4, 0.5) is 0 Å². The molecule has 5 heteroatoms. The maximum atomic E-state index is 5.36. The molecular weight excluding hydrogens is 437 g/mol. The van der Waals surface area contributed by atoms with Gasteiger partial charge in [0.05, 0.1) is 0 Å². The van der Waals surface area contributed by atoms with Gasteiger partial charge in [-0.25, -0.2) is 0 Å².